The molecule has 2 aromatic carbocycles. The highest BCUT2D eigenvalue weighted by Gasteiger charge is 2.50. The molecule has 0 bridgehead atoms. The number of fused-ring (bicyclic) bond motifs is 1. The smallest absolute Gasteiger partial charge is 0.279 e. The minimum absolute atomic E-state index is 0.0103. The van der Waals surface area contributed by atoms with E-state index in [1.165, 1.54) is 0 Å². The number of aromatic nitrogens is 2. The number of likely N-dealkylation sites (tertiary alicyclic amines) is 1. The molecule has 38 heavy (non-hydrogen) atoms. The van der Waals surface area contributed by atoms with Gasteiger partial charge in [0.1, 0.15) is 0 Å². The quantitative estimate of drug-likeness (QED) is 0.381. The molecule has 0 spiro atoms. The molecule has 0 saturated carbocycles. The van der Waals surface area contributed by atoms with Crippen molar-refractivity contribution in [3.8, 4) is 5.69 Å². The van der Waals surface area contributed by atoms with Gasteiger partial charge in [-0.3, -0.25) is 14.7 Å². The van der Waals surface area contributed by atoms with Crippen molar-refractivity contribution < 1.29 is 19.4 Å². The third-order valence-electron chi connectivity index (χ3n) is 8.48. The Bertz CT molecular complexity index is 1350. The predicted octanol–water partition coefficient (Wildman–Crippen LogP) is 3.60. The lowest BCUT2D eigenvalue weighted by Crippen LogP contribution is -2.43. The largest absolute Gasteiger partial charge is 0.432 e. The summed E-state index contributed by atoms with van der Waals surface area (Å²) in [7, 11) is -2.60. The molecule has 1 aromatic heterocycles. The minimum atomic E-state index is -2.60. The first-order chi connectivity index (χ1) is 18.2. The molecule has 2 saturated heterocycles. The van der Waals surface area contributed by atoms with E-state index in [2.05, 4.69) is 18.1 Å². The molecule has 5 rings (SSSR count). The number of carbonyl (C=O) groups excluding carboxylic acids is 1. The Morgan fingerprint density at radius 2 is 1.95 bits per heavy atom. The van der Waals surface area contributed by atoms with Crippen molar-refractivity contribution in [3.63, 3.8) is 0 Å². The SMILES string of the molecule is C[C@H]1[C@H]([Si](C)(C)O)[C@@H](CC(=O)N2CCC[C@H]2CO)O[C@H]1CCc1cccc(-n2[nH]c3ccccc3c2=O)c1. The fraction of sp³-hybridized carbons (Fsp3) is 0.517. The molecule has 3 N–H and O–H groups in total. The average Bonchev–Trinajstić information content (AvgIpc) is 3.58. The van der Waals surface area contributed by atoms with Gasteiger partial charge in [-0.25, -0.2) is 4.68 Å². The van der Waals surface area contributed by atoms with Crippen LogP contribution in [-0.2, 0) is 16.0 Å². The van der Waals surface area contributed by atoms with Crippen LogP contribution < -0.4 is 5.56 Å². The molecule has 204 valence electrons. The monoisotopic (exact) mass is 537 g/mol. The Labute approximate surface area is 224 Å². The summed E-state index contributed by atoms with van der Waals surface area (Å²) in [6, 6.07) is 15.4. The number of hydrogen-bond donors (Lipinski definition) is 3. The van der Waals surface area contributed by atoms with E-state index in [-0.39, 0.29) is 54.2 Å². The number of rotatable bonds is 8. The molecule has 9 heteroatoms. The van der Waals surface area contributed by atoms with Crippen molar-refractivity contribution in [1.82, 2.24) is 14.7 Å². The molecular formula is C29H39N3O5Si. The maximum Gasteiger partial charge on any atom is 0.279 e. The number of hydrogen-bond acceptors (Lipinski definition) is 5. The number of ether oxygens (including phenoxy) is 1. The van der Waals surface area contributed by atoms with Gasteiger partial charge in [-0.1, -0.05) is 31.2 Å². The van der Waals surface area contributed by atoms with Gasteiger partial charge in [0, 0.05) is 12.1 Å². The van der Waals surface area contributed by atoms with Gasteiger partial charge >= 0.3 is 0 Å². The number of para-hydroxylation sites is 1. The van der Waals surface area contributed by atoms with Crippen LogP contribution in [0.25, 0.3) is 16.6 Å². The zero-order chi connectivity index (χ0) is 27.0. The van der Waals surface area contributed by atoms with Crippen LogP contribution in [0.4, 0.5) is 0 Å². The van der Waals surface area contributed by atoms with Crippen LogP contribution in [0.1, 0.15) is 38.2 Å². The number of amides is 1. The van der Waals surface area contributed by atoms with Crippen LogP contribution >= 0.6 is 0 Å². The third kappa shape index (κ3) is 5.25. The van der Waals surface area contributed by atoms with Crippen LogP contribution in [0.2, 0.25) is 18.6 Å². The van der Waals surface area contributed by atoms with Crippen LogP contribution in [0.5, 0.6) is 0 Å². The van der Waals surface area contributed by atoms with Gasteiger partial charge in [0.2, 0.25) is 5.91 Å². The van der Waals surface area contributed by atoms with Crippen LogP contribution in [0.3, 0.4) is 0 Å². The molecule has 0 radical (unpaired) electrons. The maximum atomic E-state index is 13.1. The molecule has 2 fully saturated rings. The fourth-order valence-corrected chi connectivity index (χ4v) is 9.26. The lowest BCUT2D eigenvalue weighted by Gasteiger charge is -2.31. The zero-order valence-corrected chi connectivity index (χ0v) is 23.5. The van der Waals surface area contributed by atoms with E-state index in [1.807, 2.05) is 55.6 Å². The van der Waals surface area contributed by atoms with Crippen molar-refractivity contribution in [2.45, 2.75) is 75.9 Å². The fourth-order valence-electron chi connectivity index (χ4n) is 6.65. The van der Waals surface area contributed by atoms with E-state index in [0.717, 1.165) is 42.5 Å². The van der Waals surface area contributed by atoms with Crippen LogP contribution in [-0.4, -0.2) is 70.2 Å². The van der Waals surface area contributed by atoms with E-state index in [9.17, 15) is 19.5 Å². The Kier molecular flexibility index (Phi) is 7.64. The number of nitrogens with one attached hydrogen (secondary N) is 1. The van der Waals surface area contributed by atoms with E-state index >= 15 is 0 Å². The first kappa shape index (κ1) is 26.9. The summed E-state index contributed by atoms with van der Waals surface area (Å²) in [5, 5.41) is 13.5. The van der Waals surface area contributed by atoms with Gasteiger partial charge in [-0.15, -0.1) is 0 Å². The third-order valence-corrected chi connectivity index (χ3v) is 11.0. The first-order valence-electron chi connectivity index (χ1n) is 13.7. The second-order valence-corrected chi connectivity index (χ2v) is 15.5. The molecule has 3 aromatic rings. The highest BCUT2D eigenvalue weighted by molar-refractivity contribution is 6.71. The van der Waals surface area contributed by atoms with Gasteiger partial charge in [-0.05, 0) is 74.5 Å². The zero-order valence-electron chi connectivity index (χ0n) is 22.5. The molecule has 8 nitrogen and oxygen atoms in total. The highest BCUT2D eigenvalue weighted by Crippen LogP contribution is 2.45. The number of aryl methyl sites for hydroxylation is 1. The number of aromatic amines is 1. The Balaban J connectivity index is 1.29. The van der Waals surface area contributed by atoms with Gasteiger partial charge < -0.3 is 19.5 Å². The first-order valence-corrected chi connectivity index (χ1v) is 16.8. The number of aliphatic hydroxyl groups is 1. The van der Waals surface area contributed by atoms with Crippen molar-refractivity contribution in [2.75, 3.05) is 13.2 Å². The van der Waals surface area contributed by atoms with E-state index in [4.69, 9.17) is 4.74 Å². The second kappa shape index (κ2) is 10.8. The molecule has 0 unspecified atom stereocenters. The van der Waals surface area contributed by atoms with Crippen molar-refractivity contribution in [3.05, 3.63) is 64.4 Å². The molecule has 1 amide bonds. The summed E-state index contributed by atoms with van der Waals surface area (Å²) in [6.07, 6.45) is 3.14. The normalized spacial score (nSPS) is 25.9. The summed E-state index contributed by atoms with van der Waals surface area (Å²) < 4.78 is 8.09. The molecular weight excluding hydrogens is 498 g/mol. The molecule has 2 aliphatic heterocycles. The number of H-pyrrole nitrogens is 1. The van der Waals surface area contributed by atoms with E-state index in [0.29, 0.717) is 11.9 Å². The van der Waals surface area contributed by atoms with E-state index < -0.39 is 8.32 Å². The number of benzene rings is 2. The van der Waals surface area contributed by atoms with Gasteiger partial charge in [0.05, 0.1) is 47.9 Å². The summed E-state index contributed by atoms with van der Waals surface area (Å²) in [5.74, 6) is 0.144. The lowest BCUT2D eigenvalue weighted by molar-refractivity contribution is -0.135. The Morgan fingerprint density at radius 3 is 2.68 bits per heavy atom. The summed E-state index contributed by atoms with van der Waals surface area (Å²) in [4.78, 5) is 39.0. The minimum Gasteiger partial charge on any atom is -0.432 e. The second-order valence-electron chi connectivity index (χ2n) is 11.5. The number of carbonyl (C=O) groups is 1. The highest BCUT2D eigenvalue weighted by atomic mass is 28.4. The topological polar surface area (TPSA) is 108 Å². The van der Waals surface area contributed by atoms with Gasteiger partial charge in [-0.2, -0.15) is 0 Å². The average molecular weight is 538 g/mol. The van der Waals surface area contributed by atoms with Crippen molar-refractivity contribution in [1.29, 1.82) is 0 Å². The van der Waals surface area contributed by atoms with Gasteiger partial charge in [0.15, 0.2) is 8.32 Å². The number of nitrogens with zero attached hydrogens (tertiary/aromatic N) is 2. The summed E-state index contributed by atoms with van der Waals surface area (Å²) in [6.45, 7) is 6.67. The Morgan fingerprint density at radius 1 is 1.16 bits per heavy atom. The van der Waals surface area contributed by atoms with Crippen molar-refractivity contribution in [2.24, 2.45) is 5.92 Å². The Hall–Kier alpha value is -2.72. The van der Waals surface area contributed by atoms with Crippen LogP contribution in [0.15, 0.2) is 53.3 Å². The lowest BCUT2D eigenvalue weighted by atomic mass is 9.95. The summed E-state index contributed by atoms with van der Waals surface area (Å²) in [5.41, 5.74) is 2.58. The maximum absolute atomic E-state index is 13.1. The standard InChI is InChI=1S/C29H39N3O5Si/c1-19-25(37-26(28(19)38(2,3)36)17-27(34)31-15-7-10-22(31)18-33)14-13-20-8-6-9-21(16-20)32-29(35)23-11-4-5-12-24(23)30-32/h4-6,8-9,11-12,16,19,22,25-26,28,30,33,36H,7,10,13-15,17-18H2,1-3H3/t19-,22+,25+,26-,28+/m1/s1. The van der Waals surface area contributed by atoms with Gasteiger partial charge in [0.25, 0.3) is 5.56 Å². The predicted molar refractivity (Wildman–Crippen MR) is 150 cm³/mol. The van der Waals surface area contributed by atoms with Crippen LogP contribution in [0, 0.1) is 5.92 Å². The molecule has 0 aliphatic carbocycles. The van der Waals surface area contributed by atoms with E-state index in [1.54, 1.807) is 9.58 Å². The summed E-state index contributed by atoms with van der Waals surface area (Å²) >= 11 is 0. The van der Waals surface area contributed by atoms with Crippen molar-refractivity contribution >= 4 is 25.1 Å². The number of aliphatic hydroxyl groups excluding tert-OH is 1. The molecule has 2 aliphatic rings. The molecule has 3 heterocycles. The molecule has 5 atom stereocenters.